The Morgan fingerprint density at radius 2 is 2.09 bits per heavy atom. The normalized spacial score (nSPS) is 22.4. The quantitative estimate of drug-likeness (QED) is 0.904. The highest BCUT2D eigenvalue weighted by molar-refractivity contribution is 5.75. The second-order valence-electron chi connectivity index (χ2n) is 6.07. The van der Waals surface area contributed by atoms with Crippen molar-refractivity contribution in [1.82, 2.24) is 15.1 Å². The molecular weight excluding hydrogens is 278 g/mol. The number of carbonyl (C=O) groups is 1. The van der Waals surface area contributed by atoms with Gasteiger partial charge in [0.15, 0.2) is 0 Å². The summed E-state index contributed by atoms with van der Waals surface area (Å²) >= 11 is 0. The molecule has 2 heterocycles. The Labute approximate surface area is 132 Å². The van der Waals surface area contributed by atoms with Gasteiger partial charge in [-0.3, -0.25) is 4.90 Å². The number of rotatable bonds is 5. The van der Waals surface area contributed by atoms with Gasteiger partial charge in [-0.1, -0.05) is 25.1 Å². The molecule has 5 heteroatoms. The van der Waals surface area contributed by atoms with Crippen molar-refractivity contribution in [2.75, 3.05) is 32.7 Å². The number of nitrogens with zero attached hydrogens (tertiary/aromatic N) is 2. The van der Waals surface area contributed by atoms with Crippen molar-refractivity contribution in [3.8, 4) is 5.75 Å². The van der Waals surface area contributed by atoms with Crippen LogP contribution in [0.25, 0.3) is 0 Å². The Hall–Kier alpha value is -1.75. The fourth-order valence-electron chi connectivity index (χ4n) is 3.23. The van der Waals surface area contributed by atoms with Crippen LogP contribution < -0.4 is 10.1 Å². The van der Waals surface area contributed by atoms with E-state index in [-0.39, 0.29) is 12.1 Å². The summed E-state index contributed by atoms with van der Waals surface area (Å²) in [5.74, 6) is 0.872. The molecule has 5 nitrogen and oxygen atoms in total. The molecule has 0 bridgehead atoms. The van der Waals surface area contributed by atoms with Crippen LogP contribution in [-0.4, -0.2) is 60.7 Å². The largest absolute Gasteiger partial charge is 0.487 e. The molecule has 1 aromatic carbocycles. The predicted octanol–water partition coefficient (Wildman–Crippen LogP) is 1.94. The van der Waals surface area contributed by atoms with Crippen LogP contribution in [0.15, 0.2) is 30.3 Å². The Morgan fingerprint density at radius 1 is 1.32 bits per heavy atom. The van der Waals surface area contributed by atoms with Gasteiger partial charge in [0.25, 0.3) is 0 Å². The molecule has 1 atom stereocenters. The van der Waals surface area contributed by atoms with E-state index in [1.807, 2.05) is 35.2 Å². The number of hydrogen-bond acceptors (Lipinski definition) is 3. The van der Waals surface area contributed by atoms with Gasteiger partial charge in [0, 0.05) is 12.6 Å². The molecule has 2 saturated heterocycles. The van der Waals surface area contributed by atoms with E-state index in [4.69, 9.17) is 4.74 Å². The molecule has 120 valence electrons. The molecule has 1 N–H and O–H groups in total. The van der Waals surface area contributed by atoms with Crippen LogP contribution in [0.3, 0.4) is 0 Å². The number of para-hydroxylation sites is 1. The zero-order chi connectivity index (χ0) is 15.4. The van der Waals surface area contributed by atoms with Crippen molar-refractivity contribution < 1.29 is 9.53 Å². The fraction of sp³-hybridized carbons (Fsp3) is 0.588. The first-order chi connectivity index (χ1) is 10.8. The van der Waals surface area contributed by atoms with Crippen molar-refractivity contribution >= 4 is 6.03 Å². The second kappa shape index (κ2) is 7.01. The lowest BCUT2D eigenvalue weighted by Crippen LogP contribution is -2.59. The summed E-state index contributed by atoms with van der Waals surface area (Å²) in [6, 6.07) is 10.3. The number of likely N-dealkylation sites (N-methyl/N-ethyl adjacent to an activating group) is 1. The number of ether oxygens (including phenoxy) is 1. The van der Waals surface area contributed by atoms with E-state index in [0.717, 1.165) is 25.4 Å². The summed E-state index contributed by atoms with van der Waals surface area (Å²) < 4.78 is 5.81. The first-order valence-electron chi connectivity index (χ1n) is 8.25. The fourth-order valence-corrected chi connectivity index (χ4v) is 3.23. The molecule has 1 aromatic rings. The lowest BCUT2D eigenvalue weighted by Gasteiger charge is -2.39. The third-order valence-electron chi connectivity index (χ3n) is 4.58. The van der Waals surface area contributed by atoms with Gasteiger partial charge >= 0.3 is 6.03 Å². The second-order valence-corrected chi connectivity index (χ2v) is 6.07. The molecule has 0 radical (unpaired) electrons. The van der Waals surface area contributed by atoms with Gasteiger partial charge in [-0.25, -0.2) is 4.79 Å². The number of amides is 2. The number of urea groups is 1. The first-order valence-corrected chi connectivity index (χ1v) is 8.25. The van der Waals surface area contributed by atoms with E-state index in [1.165, 1.54) is 12.8 Å². The van der Waals surface area contributed by atoms with Gasteiger partial charge in [0.1, 0.15) is 11.9 Å². The van der Waals surface area contributed by atoms with Gasteiger partial charge in [-0.05, 0) is 38.1 Å². The Morgan fingerprint density at radius 3 is 2.82 bits per heavy atom. The van der Waals surface area contributed by atoms with Gasteiger partial charge in [0.2, 0.25) is 0 Å². The standard InChI is InChI=1S/C17H25N3O2/c1-2-19-10-6-7-14(19)11-18-17(21)20-12-16(13-20)22-15-8-4-3-5-9-15/h3-5,8-9,14,16H,2,6-7,10-13H2,1H3,(H,18,21)/t14-/m0/s1. The number of benzene rings is 1. The van der Waals surface area contributed by atoms with Crippen molar-refractivity contribution in [1.29, 1.82) is 0 Å². The number of carbonyl (C=O) groups excluding carboxylic acids is 1. The van der Waals surface area contributed by atoms with Crippen LogP contribution in [-0.2, 0) is 0 Å². The highest BCUT2D eigenvalue weighted by atomic mass is 16.5. The smallest absolute Gasteiger partial charge is 0.317 e. The van der Waals surface area contributed by atoms with E-state index in [0.29, 0.717) is 19.1 Å². The molecule has 2 amide bonds. The highest BCUT2D eigenvalue weighted by Crippen LogP contribution is 2.18. The SMILES string of the molecule is CCN1CCC[C@H]1CNC(=O)N1CC(Oc2ccccc2)C1. The number of likely N-dealkylation sites (tertiary alicyclic amines) is 2. The van der Waals surface area contributed by atoms with Crippen molar-refractivity contribution in [2.24, 2.45) is 0 Å². The van der Waals surface area contributed by atoms with Crippen LogP contribution >= 0.6 is 0 Å². The van der Waals surface area contributed by atoms with Gasteiger partial charge in [0.05, 0.1) is 13.1 Å². The zero-order valence-electron chi connectivity index (χ0n) is 13.2. The Kier molecular flexibility index (Phi) is 4.83. The van der Waals surface area contributed by atoms with Crippen LogP contribution in [0, 0.1) is 0 Å². The van der Waals surface area contributed by atoms with E-state index in [2.05, 4.69) is 17.1 Å². The van der Waals surface area contributed by atoms with E-state index in [1.54, 1.807) is 0 Å². The minimum atomic E-state index is 0.0378. The van der Waals surface area contributed by atoms with Crippen molar-refractivity contribution in [2.45, 2.75) is 31.9 Å². The van der Waals surface area contributed by atoms with Crippen LogP contribution in [0.2, 0.25) is 0 Å². The van der Waals surface area contributed by atoms with Crippen LogP contribution in [0.1, 0.15) is 19.8 Å². The maximum Gasteiger partial charge on any atom is 0.317 e. The molecule has 0 aliphatic carbocycles. The molecule has 2 aliphatic rings. The molecule has 0 aromatic heterocycles. The third-order valence-corrected chi connectivity index (χ3v) is 4.58. The highest BCUT2D eigenvalue weighted by Gasteiger charge is 2.33. The average Bonchev–Trinajstić information content (AvgIpc) is 2.96. The zero-order valence-corrected chi connectivity index (χ0v) is 13.2. The lowest BCUT2D eigenvalue weighted by molar-refractivity contribution is 0.0439. The minimum absolute atomic E-state index is 0.0378. The molecule has 22 heavy (non-hydrogen) atoms. The molecule has 2 aliphatic heterocycles. The summed E-state index contributed by atoms with van der Waals surface area (Å²) in [7, 11) is 0. The van der Waals surface area contributed by atoms with Crippen molar-refractivity contribution in [3.05, 3.63) is 30.3 Å². The molecule has 0 unspecified atom stereocenters. The predicted molar refractivity (Wildman–Crippen MR) is 86.1 cm³/mol. The van der Waals surface area contributed by atoms with E-state index >= 15 is 0 Å². The van der Waals surface area contributed by atoms with E-state index in [9.17, 15) is 4.79 Å². The molecular formula is C17H25N3O2. The topological polar surface area (TPSA) is 44.8 Å². The maximum atomic E-state index is 12.1. The summed E-state index contributed by atoms with van der Waals surface area (Å²) in [4.78, 5) is 16.4. The van der Waals surface area contributed by atoms with Gasteiger partial charge in [-0.2, -0.15) is 0 Å². The van der Waals surface area contributed by atoms with Crippen LogP contribution in [0.5, 0.6) is 5.75 Å². The average molecular weight is 303 g/mol. The molecule has 3 rings (SSSR count). The first kappa shape index (κ1) is 15.2. The van der Waals surface area contributed by atoms with Crippen molar-refractivity contribution in [3.63, 3.8) is 0 Å². The summed E-state index contributed by atoms with van der Waals surface area (Å²) in [6.45, 7) is 6.51. The Bertz CT molecular complexity index is 488. The summed E-state index contributed by atoms with van der Waals surface area (Å²) in [5.41, 5.74) is 0. The molecule has 0 spiro atoms. The lowest BCUT2D eigenvalue weighted by atomic mass is 10.2. The maximum absolute atomic E-state index is 12.1. The summed E-state index contributed by atoms with van der Waals surface area (Å²) in [6.07, 6.45) is 2.55. The third kappa shape index (κ3) is 3.53. The van der Waals surface area contributed by atoms with E-state index < -0.39 is 0 Å². The Balaban J connectivity index is 1.36. The number of nitrogens with one attached hydrogen (secondary N) is 1. The molecule has 2 fully saturated rings. The van der Waals surface area contributed by atoms with Crippen LogP contribution in [0.4, 0.5) is 4.79 Å². The van der Waals surface area contributed by atoms with Gasteiger partial charge in [-0.15, -0.1) is 0 Å². The van der Waals surface area contributed by atoms with Gasteiger partial charge < -0.3 is 15.0 Å². The summed E-state index contributed by atoms with van der Waals surface area (Å²) in [5, 5.41) is 3.07. The number of hydrogen-bond donors (Lipinski definition) is 1. The molecule has 0 saturated carbocycles. The minimum Gasteiger partial charge on any atom is -0.487 e. The monoisotopic (exact) mass is 303 g/mol.